The molecular weight excluding hydrogens is 466 g/mol. The maximum atomic E-state index is 12.2. The van der Waals surface area contributed by atoms with Gasteiger partial charge in [0.2, 0.25) is 5.91 Å². The Balaban J connectivity index is 1.13. The van der Waals surface area contributed by atoms with Gasteiger partial charge in [0.15, 0.2) is 5.82 Å². The number of benzene rings is 2. The van der Waals surface area contributed by atoms with Gasteiger partial charge in [0.05, 0.1) is 30.5 Å². The number of hydrogen-bond acceptors (Lipinski definition) is 8. The smallest absolute Gasteiger partial charge is 0.227 e. The monoisotopic (exact) mass is 495 g/mol. The van der Waals surface area contributed by atoms with Gasteiger partial charge in [-0.05, 0) is 55.0 Å². The van der Waals surface area contributed by atoms with Gasteiger partial charge in [0, 0.05) is 62.3 Å². The van der Waals surface area contributed by atoms with Gasteiger partial charge in [-0.2, -0.15) is 5.26 Å². The molecule has 3 aliphatic rings. The number of hydrogen-bond donors (Lipinski definition) is 1. The highest BCUT2D eigenvalue weighted by atomic mass is 16.5. The predicted molar refractivity (Wildman–Crippen MR) is 142 cm³/mol. The summed E-state index contributed by atoms with van der Waals surface area (Å²) < 4.78 is 5.33. The Morgan fingerprint density at radius 2 is 1.81 bits per heavy atom. The first-order valence-electron chi connectivity index (χ1n) is 12.8. The minimum Gasteiger partial charge on any atom is -0.378 e. The fourth-order valence-electron chi connectivity index (χ4n) is 5.15. The first-order valence-corrected chi connectivity index (χ1v) is 12.8. The normalized spacial score (nSPS) is 18.5. The molecule has 0 aliphatic carbocycles. The number of carbonyl (C=O) groups excluding carboxylic acids is 1. The Morgan fingerprint density at radius 3 is 2.49 bits per heavy atom. The molecule has 2 aromatic carbocycles. The average molecular weight is 496 g/mol. The fourth-order valence-corrected chi connectivity index (χ4v) is 5.15. The standard InChI is InChI=1S/C28H29N7O2/c29-17-21-16-20(3-8-25(21)35-11-1-2-27(35)36)28-30-10-9-26(32-28)31-22-4-6-23(7-5-22)33-12-14-34(15-13-33)24-18-37-19-24/h3-10,16,24H,1-2,11-15,18-19H2,(H,30,31,32). The number of piperazine rings is 1. The first kappa shape index (κ1) is 23.4. The zero-order valence-corrected chi connectivity index (χ0v) is 20.6. The van der Waals surface area contributed by atoms with E-state index in [1.165, 1.54) is 5.69 Å². The van der Waals surface area contributed by atoms with E-state index >= 15 is 0 Å². The lowest BCUT2D eigenvalue weighted by molar-refractivity contribution is -0.117. The predicted octanol–water partition coefficient (Wildman–Crippen LogP) is 3.41. The van der Waals surface area contributed by atoms with Crippen LogP contribution < -0.4 is 15.1 Å². The second kappa shape index (κ2) is 10.2. The topological polar surface area (TPSA) is 97.6 Å². The number of nitrogens with one attached hydrogen (secondary N) is 1. The quantitative estimate of drug-likeness (QED) is 0.556. The molecule has 3 aromatic rings. The zero-order valence-electron chi connectivity index (χ0n) is 20.6. The van der Waals surface area contributed by atoms with Crippen molar-refractivity contribution in [2.75, 3.05) is 61.1 Å². The number of anilines is 4. The Hall–Kier alpha value is -4.00. The number of ether oxygens (including phenoxy) is 1. The van der Waals surface area contributed by atoms with Crippen LogP contribution in [-0.2, 0) is 9.53 Å². The van der Waals surface area contributed by atoms with Crippen molar-refractivity contribution in [3.05, 3.63) is 60.3 Å². The number of rotatable bonds is 6. The van der Waals surface area contributed by atoms with E-state index in [2.05, 4.69) is 55.4 Å². The van der Waals surface area contributed by atoms with Crippen molar-refractivity contribution in [2.24, 2.45) is 0 Å². The second-order valence-electron chi connectivity index (χ2n) is 9.64. The second-order valence-corrected chi connectivity index (χ2v) is 9.64. The Bertz CT molecular complexity index is 1330. The lowest BCUT2D eigenvalue weighted by Crippen LogP contribution is -2.56. The van der Waals surface area contributed by atoms with Crippen LogP contribution in [0.2, 0.25) is 0 Å². The minimum absolute atomic E-state index is 0.0590. The molecule has 37 heavy (non-hydrogen) atoms. The first-order chi connectivity index (χ1) is 18.2. The van der Waals surface area contributed by atoms with Gasteiger partial charge >= 0.3 is 0 Å². The third kappa shape index (κ3) is 4.86. The number of nitriles is 1. The number of nitrogens with zero attached hydrogens (tertiary/aromatic N) is 6. The van der Waals surface area contributed by atoms with Crippen molar-refractivity contribution >= 4 is 28.8 Å². The summed E-state index contributed by atoms with van der Waals surface area (Å²) in [5.41, 5.74) is 4.01. The van der Waals surface area contributed by atoms with E-state index in [1.54, 1.807) is 17.2 Å². The van der Waals surface area contributed by atoms with Crippen LogP contribution in [0.1, 0.15) is 18.4 Å². The number of amides is 1. The third-order valence-electron chi connectivity index (χ3n) is 7.35. The molecule has 3 saturated heterocycles. The molecule has 0 saturated carbocycles. The van der Waals surface area contributed by atoms with Crippen molar-refractivity contribution in [2.45, 2.75) is 18.9 Å². The van der Waals surface area contributed by atoms with Gasteiger partial charge in [0.25, 0.3) is 0 Å². The lowest BCUT2D eigenvalue weighted by atomic mass is 10.1. The van der Waals surface area contributed by atoms with Crippen LogP contribution in [0.4, 0.5) is 22.9 Å². The van der Waals surface area contributed by atoms with Crippen molar-refractivity contribution in [1.29, 1.82) is 5.26 Å². The molecule has 0 radical (unpaired) electrons. The maximum Gasteiger partial charge on any atom is 0.227 e. The molecule has 3 fully saturated rings. The molecule has 6 rings (SSSR count). The van der Waals surface area contributed by atoms with Crippen LogP contribution >= 0.6 is 0 Å². The van der Waals surface area contributed by atoms with E-state index in [4.69, 9.17) is 4.74 Å². The van der Waals surface area contributed by atoms with E-state index < -0.39 is 0 Å². The van der Waals surface area contributed by atoms with E-state index in [1.807, 2.05) is 18.2 Å². The molecule has 1 amide bonds. The van der Waals surface area contributed by atoms with Gasteiger partial charge in [-0.15, -0.1) is 0 Å². The van der Waals surface area contributed by atoms with E-state index in [-0.39, 0.29) is 5.91 Å². The van der Waals surface area contributed by atoms with E-state index in [0.717, 1.165) is 57.1 Å². The fraction of sp³-hybridized carbons (Fsp3) is 0.357. The summed E-state index contributed by atoms with van der Waals surface area (Å²) >= 11 is 0. The summed E-state index contributed by atoms with van der Waals surface area (Å²) in [6, 6.07) is 18.5. The van der Waals surface area contributed by atoms with E-state index in [0.29, 0.717) is 41.9 Å². The van der Waals surface area contributed by atoms with Crippen LogP contribution in [0.5, 0.6) is 0 Å². The van der Waals surface area contributed by atoms with E-state index in [9.17, 15) is 10.1 Å². The summed E-state index contributed by atoms with van der Waals surface area (Å²) in [7, 11) is 0. The largest absolute Gasteiger partial charge is 0.378 e. The molecule has 1 aromatic heterocycles. The lowest BCUT2D eigenvalue weighted by Gasteiger charge is -2.43. The molecule has 9 nitrogen and oxygen atoms in total. The molecule has 0 atom stereocenters. The zero-order chi connectivity index (χ0) is 25.2. The molecule has 188 valence electrons. The molecule has 0 unspecified atom stereocenters. The Morgan fingerprint density at radius 1 is 1.00 bits per heavy atom. The van der Waals surface area contributed by atoms with Crippen LogP contribution in [0.25, 0.3) is 11.4 Å². The Kier molecular flexibility index (Phi) is 6.43. The SMILES string of the molecule is N#Cc1cc(-c2nccc(Nc3ccc(N4CCN(C5COC5)CC4)cc3)n2)ccc1N1CCCC1=O. The van der Waals surface area contributed by atoms with Crippen LogP contribution in [0.15, 0.2) is 54.7 Å². The van der Waals surface area contributed by atoms with Crippen LogP contribution in [0, 0.1) is 11.3 Å². The van der Waals surface area contributed by atoms with Crippen LogP contribution in [-0.4, -0.2) is 72.8 Å². The Labute approximate surface area is 216 Å². The summed E-state index contributed by atoms with van der Waals surface area (Å²) in [5, 5.41) is 13.1. The molecule has 9 heteroatoms. The molecule has 4 heterocycles. The average Bonchev–Trinajstić information content (AvgIpc) is 3.34. The molecular formula is C28H29N7O2. The highest BCUT2D eigenvalue weighted by Gasteiger charge is 2.29. The molecule has 1 N–H and O–H groups in total. The van der Waals surface area contributed by atoms with Gasteiger partial charge in [0.1, 0.15) is 11.9 Å². The van der Waals surface area contributed by atoms with Gasteiger partial charge < -0.3 is 19.9 Å². The highest BCUT2D eigenvalue weighted by molar-refractivity contribution is 5.96. The van der Waals surface area contributed by atoms with Crippen molar-refractivity contribution in [3.63, 3.8) is 0 Å². The summed E-state index contributed by atoms with van der Waals surface area (Å²) in [6.07, 6.45) is 3.04. The maximum absolute atomic E-state index is 12.2. The molecule has 0 spiro atoms. The van der Waals surface area contributed by atoms with Crippen LogP contribution in [0.3, 0.4) is 0 Å². The molecule has 0 bridgehead atoms. The number of carbonyl (C=O) groups is 1. The minimum atomic E-state index is 0.0590. The van der Waals surface area contributed by atoms with Gasteiger partial charge in [-0.25, -0.2) is 9.97 Å². The number of aromatic nitrogens is 2. The molecule has 3 aliphatic heterocycles. The summed E-state index contributed by atoms with van der Waals surface area (Å²) in [6.45, 7) is 6.57. The van der Waals surface area contributed by atoms with Crippen molar-refractivity contribution < 1.29 is 9.53 Å². The van der Waals surface area contributed by atoms with Crippen molar-refractivity contribution in [3.8, 4) is 17.5 Å². The summed E-state index contributed by atoms with van der Waals surface area (Å²) in [4.78, 5) is 27.9. The van der Waals surface area contributed by atoms with Gasteiger partial charge in [-0.1, -0.05) is 0 Å². The third-order valence-corrected chi connectivity index (χ3v) is 7.35. The highest BCUT2D eigenvalue weighted by Crippen LogP contribution is 2.29. The summed E-state index contributed by atoms with van der Waals surface area (Å²) in [5.74, 6) is 1.25. The van der Waals surface area contributed by atoms with Gasteiger partial charge in [-0.3, -0.25) is 9.69 Å². The van der Waals surface area contributed by atoms with Crippen molar-refractivity contribution in [1.82, 2.24) is 14.9 Å².